The number of hydrogen-bond acceptors (Lipinski definition) is 3. The lowest BCUT2D eigenvalue weighted by molar-refractivity contribution is 0.322. The average molecular weight is 285 g/mol. The molecule has 1 saturated heterocycles. The van der Waals surface area contributed by atoms with Crippen LogP contribution in [0.3, 0.4) is 0 Å². The lowest BCUT2D eigenvalue weighted by Crippen LogP contribution is -2.45. The summed E-state index contributed by atoms with van der Waals surface area (Å²) in [6.45, 7) is 17.7. The van der Waals surface area contributed by atoms with Crippen molar-refractivity contribution in [3.8, 4) is 0 Å². The van der Waals surface area contributed by atoms with E-state index in [1.165, 1.54) is 5.56 Å². The van der Waals surface area contributed by atoms with E-state index in [0.717, 1.165) is 37.7 Å². The van der Waals surface area contributed by atoms with Gasteiger partial charge >= 0.3 is 0 Å². The highest BCUT2D eigenvalue weighted by Gasteiger charge is 2.16. The smallest absolute Gasteiger partial charge is 0.128 e. The molecule has 0 saturated carbocycles. The topological polar surface area (TPSA) is 19.4 Å². The van der Waals surface area contributed by atoms with E-state index in [2.05, 4.69) is 53.9 Å². The van der Waals surface area contributed by atoms with Gasteiger partial charge in [0.2, 0.25) is 0 Å². The Morgan fingerprint density at radius 3 is 2.29 bits per heavy atom. The number of aromatic nitrogens is 1. The van der Waals surface area contributed by atoms with Crippen molar-refractivity contribution in [2.45, 2.75) is 20.8 Å². The van der Waals surface area contributed by atoms with Gasteiger partial charge in [0, 0.05) is 38.1 Å². The van der Waals surface area contributed by atoms with E-state index in [4.69, 9.17) is 0 Å². The van der Waals surface area contributed by atoms with Gasteiger partial charge in [0.15, 0.2) is 0 Å². The molecule has 3 heteroatoms. The summed E-state index contributed by atoms with van der Waals surface area (Å²) in [5.41, 5.74) is 2.38. The summed E-state index contributed by atoms with van der Waals surface area (Å²) < 4.78 is 0. The molecule has 0 aromatic carbocycles. The number of piperazine rings is 1. The first kappa shape index (κ1) is 17.0. The van der Waals surface area contributed by atoms with Crippen LogP contribution in [0.4, 0.5) is 5.82 Å². The quantitative estimate of drug-likeness (QED) is 0.788. The van der Waals surface area contributed by atoms with Crippen LogP contribution in [-0.2, 0) is 0 Å². The van der Waals surface area contributed by atoms with E-state index in [0.29, 0.717) is 0 Å². The summed E-state index contributed by atoms with van der Waals surface area (Å²) in [7, 11) is 0. The van der Waals surface area contributed by atoms with Crippen molar-refractivity contribution < 1.29 is 0 Å². The minimum absolute atomic E-state index is 1.03. The van der Waals surface area contributed by atoms with Crippen LogP contribution >= 0.6 is 0 Å². The molecule has 1 aromatic heterocycles. The Hall–Kier alpha value is -2.03. The van der Waals surface area contributed by atoms with Crippen molar-refractivity contribution in [2.24, 2.45) is 0 Å². The molecule has 0 atom stereocenters. The largest absolute Gasteiger partial charge is 0.372 e. The van der Waals surface area contributed by atoms with Gasteiger partial charge in [-0.05, 0) is 32.4 Å². The molecule has 0 aliphatic carbocycles. The number of aryl methyl sites for hydroxylation is 1. The first-order valence-electron chi connectivity index (χ1n) is 7.40. The molecular weight excluding hydrogens is 258 g/mol. The maximum absolute atomic E-state index is 4.46. The summed E-state index contributed by atoms with van der Waals surface area (Å²) >= 11 is 0. The van der Waals surface area contributed by atoms with Gasteiger partial charge in [-0.25, -0.2) is 4.98 Å². The van der Waals surface area contributed by atoms with E-state index >= 15 is 0 Å². The number of pyridine rings is 1. The zero-order valence-corrected chi connectivity index (χ0v) is 13.5. The molecule has 114 valence electrons. The van der Waals surface area contributed by atoms with Crippen LogP contribution in [0, 0.1) is 6.92 Å². The predicted molar refractivity (Wildman–Crippen MR) is 92.6 cm³/mol. The molecule has 1 aliphatic heterocycles. The Kier molecular flexibility index (Phi) is 7.30. The van der Waals surface area contributed by atoms with E-state index in [1.807, 2.05) is 25.3 Å². The van der Waals surface area contributed by atoms with E-state index in [1.54, 1.807) is 6.08 Å². The Morgan fingerprint density at radius 2 is 1.90 bits per heavy atom. The second kappa shape index (κ2) is 9.01. The van der Waals surface area contributed by atoms with E-state index in [9.17, 15) is 0 Å². The third-order valence-electron chi connectivity index (χ3n) is 3.37. The molecule has 1 aliphatic rings. The van der Waals surface area contributed by atoms with Crippen LogP contribution in [0.25, 0.3) is 0 Å². The molecule has 0 spiro atoms. The lowest BCUT2D eigenvalue weighted by atomic mass is 10.2. The van der Waals surface area contributed by atoms with Gasteiger partial charge in [0.05, 0.1) is 0 Å². The highest BCUT2D eigenvalue weighted by molar-refractivity contribution is 5.39. The Morgan fingerprint density at radius 1 is 1.24 bits per heavy atom. The zero-order valence-electron chi connectivity index (χ0n) is 13.5. The first-order chi connectivity index (χ1) is 10.1. The van der Waals surface area contributed by atoms with Crippen LogP contribution < -0.4 is 4.90 Å². The van der Waals surface area contributed by atoms with E-state index < -0.39 is 0 Å². The molecule has 3 nitrogen and oxygen atoms in total. The van der Waals surface area contributed by atoms with Gasteiger partial charge in [-0.15, -0.1) is 0 Å². The summed E-state index contributed by atoms with van der Waals surface area (Å²) in [5, 5.41) is 0. The molecule has 0 N–H and O–H groups in total. The normalized spacial score (nSPS) is 14.6. The minimum atomic E-state index is 1.03. The SMILES string of the molecule is C=C(C)N1CCN(c2ccc(C)cn2)CC1.C=C/C=C\C. The van der Waals surface area contributed by atoms with Crippen molar-refractivity contribution in [3.05, 3.63) is 61.0 Å². The number of hydrogen-bond donors (Lipinski definition) is 0. The van der Waals surface area contributed by atoms with Crippen LogP contribution in [-0.4, -0.2) is 36.1 Å². The molecule has 1 fully saturated rings. The first-order valence-corrected chi connectivity index (χ1v) is 7.40. The van der Waals surface area contributed by atoms with Crippen LogP contribution in [0.5, 0.6) is 0 Å². The number of anilines is 1. The van der Waals surface area contributed by atoms with Gasteiger partial charge in [0.25, 0.3) is 0 Å². The fourth-order valence-electron chi connectivity index (χ4n) is 2.10. The summed E-state index contributed by atoms with van der Waals surface area (Å²) in [4.78, 5) is 9.11. The Balaban J connectivity index is 0.000000383. The van der Waals surface area contributed by atoms with Crippen molar-refractivity contribution in [2.75, 3.05) is 31.1 Å². The Bertz CT molecular complexity index is 466. The highest BCUT2D eigenvalue weighted by atomic mass is 15.3. The number of allylic oxidation sites excluding steroid dienone is 4. The van der Waals surface area contributed by atoms with Gasteiger partial charge < -0.3 is 9.80 Å². The van der Waals surface area contributed by atoms with Crippen molar-refractivity contribution >= 4 is 5.82 Å². The highest BCUT2D eigenvalue weighted by Crippen LogP contribution is 2.15. The molecule has 0 amide bonds. The number of rotatable bonds is 3. The van der Waals surface area contributed by atoms with Crippen molar-refractivity contribution in [1.29, 1.82) is 0 Å². The predicted octanol–water partition coefficient (Wildman–Crippen LogP) is 3.79. The summed E-state index contributed by atoms with van der Waals surface area (Å²) in [6, 6.07) is 4.22. The van der Waals surface area contributed by atoms with Crippen molar-refractivity contribution in [3.63, 3.8) is 0 Å². The second-order valence-electron chi connectivity index (χ2n) is 5.16. The average Bonchev–Trinajstić information content (AvgIpc) is 2.49. The second-order valence-corrected chi connectivity index (χ2v) is 5.16. The van der Waals surface area contributed by atoms with Gasteiger partial charge in [-0.1, -0.05) is 37.5 Å². The van der Waals surface area contributed by atoms with Gasteiger partial charge in [-0.3, -0.25) is 0 Å². The molecule has 0 bridgehead atoms. The third kappa shape index (κ3) is 5.86. The van der Waals surface area contributed by atoms with Gasteiger partial charge in [-0.2, -0.15) is 0 Å². The van der Waals surface area contributed by atoms with Crippen molar-refractivity contribution in [1.82, 2.24) is 9.88 Å². The van der Waals surface area contributed by atoms with Crippen LogP contribution in [0.15, 0.2) is 55.4 Å². The zero-order chi connectivity index (χ0) is 15.7. The fraction of sp³-hybridized carbons (Fsp3) is 0.389. The Labute approximate surface area is 129 Å². The van der Waals surface area contributed by atoms with Crippen LogP contribution in [0.1, 0.15) is 19.4 Å². The maximum Gasteiger partial charge on any atom is 0.128 e. The molecule has 0 unspecified atom stereocenters. The van der Waals surface area contributed by atoms with E-state index in [-0.39, 0.29) is 0 Å². The monoisotopic (exact) mass is 285 g/mol. The third-order valence-corrected chi connectivity index (χ3v) is 3.37. The maximum atomic E-state index is 4.46. The molecule has 0 radical (unpaired) electrons. The fourth-order valence-corrected chi connectivity index (χ4v) is 2.10. The molecule has 21 heavy (non-hydrogen) atoms. The molecule has 2 heterocycles. The number of nitrogens with zero attached hydrogens (tertiary/aromatic N) is 3. The molecular formula is C18H27N3. The molecule has 1 aromatic rings. The van der Waals surface area contributed by atoms with Gasteiger partial charge in [0.1, 0.15) is 5.82 Å². The minimum Gasteiger partial charge on any atom is -0.372 e. The standard InChI is InChI=1S/C13H19N3.C5H8/c1-11(2)15-6-8-16(9-7-15)13-5-4-12(3)10-14-13;1-3-5-4-2/h4-5,10H,1,6-9H2,2-3H3;3-5H,1H2,2H3/b;5-4-. The molecule has 2 rings (SSSR count). The lowest BCUT2D eigenvalue weighted by Gasteiger charge is -2.36. The van der Waals surface area contributed by atoms with Crippen LogP contribution in [0.2, 0.25) is 0 Å². The summed E-state index contributed by atoms with van der Waals surface area (Å²) in [6.07, 6.45) is 7.51. The summed E-state index contributed by atoms with van der Waals surface area (Å²) in [5.74, 6) is 1.09.